The van der Waals surface area contributed by atoms with Crippen LogP contribution in [0, 0.1) is 0 Å². The Morgan fingerprint density at radius 3 is 2.73 bits per heavy atom. The average molecular weight is 375 g/mol. The van der Waals surface area contributed by atoms with Crippen LogP contribution in [-0.4, -0.2) is 73.3 Å². The Labute approximate surface area is 158 Å². The van der Waals surface area contributed by atoms with Crippen LogP contribution in [0.4, 0.5) is 0 Å². The van der Waals surface area contributed by atoms with Gasteiger partial charge in [-0.15, -0.1) is 11.8 Å². The Morgan fingerprint density at radius 1 is 1.19 bits per heavy atom. The monoisotopic (exact) mass is 375 g/mol. The van der Waals surface area contributed by atoms with E-state index in [0.29, 0.717) is 12.3 Å². The third-order valence-corrected chi connectivity index (χ3v) is 5.25. The number of carbonyl (C=O) groups is 2. The third kappa shape index (κ3) is 5.33. The largest absolute Gasteiger partial charge is 0.379 e. The highest BCUT2D eigenvalue weighted by atomic mass is 32.2. The first-order valence-corrected chi connectivity index (χ1v) is 10.0. The van der Waals surface area contributed by atoms with Gasteiger partial charge < -0.3 is 15.0 Å². The molecule has 6 nitrogen and oxygen atoms in total. The molecule has 2 heterocycles. The quantitative estimate of drug-likeness (QED) is 0.730. The fraction of sp³-hybridized carbons (Fsp3) is 0.474. The summed E-state index contributed by atoms with van der Waals surface area (Å²) in [4.78, 5) is 28.6. The van der Waals surface area contributed by atoms with Gasteiger partial charge in [0.2, 0.25) is 11.8 Å². The van der Waals surface area contributed by atoms with Gasteiger partial charge in [0.25, 0.3) is 0 Å². The minimum atomic E-state index is -0.117. The summed E-state index contributed by atoms with van der Waals surface area (Å²) in [6, 6.07) is 9.72. The van der Waals surface area contributed by atoms with E-state index in [1.807, 2.05) is 35.7 Å². The van der Waals surface area contributed by atoms with Crippen molar-refractivity contribution in [2.24, 2.45) is 0 Å². The predicted molar refractivity (Wildman–Crippen MR) is 103 cm³/mol. The van der Waals surface area contributed by atoms with E-state index in [2.05, 4.69) is 10.2 Å². The zero-order valence-electron chi connectivity index (χ0n) is 14.9. The van der Waals surface area contributed by atoms with E-state index in [1.165, 1.54) is 11.8 Å². The first kappa shape index (κ1) is 18.9. The van der Waals surface area contributed by atoms with Crippen molar-refractivity contribution in [1.82, 2.24) is 15.1 Å². The van der Waals surface area contributed by atoms with Crippen LogP contribution >= 0.6 is 11.8 Å². The molecule has 0 unspecified atom stereocenters. The highest BCUT2D eigenvalue weighted by Crippen LogP contribution is 2.27. The summed E-state index contributed by atoms with van der Waals surface area (Å²) in [6.45, 7) is 5.14. The maximum Gasteiger partial charge on any atom is 0.240 e. The number of benzene rings is 1. The molecular weight excluding hydrogens is 350 g/mol. The molecule has 3 rings (SSSR count). The fourth-order valence-corrected chi connectivity index (χ4v) is 3.83. The van der Waals surface area contributed by atoms with Crippen LogP contribution < -0.4 is 5.32 Å². The number of hydrogen-bond acceptors (Lipinski definition) is 5. The number of morpholine rings is 1. The van der Waals surface area contributed by atoms with Gasteiger partial charge in [0.1, 0.15) is 6.54 Å². The SMILES string of the molecule is O=C(CN1C(=O)CSC=C1c1ccccc1)NCCCN1CCOCC1. The van der Waals surface area contributed by atoms with Gasteiger partial charge in [-0.1, -0.05) is 30.3 Å². The Morgan fingerprint density at radius 2 is 1.96 bits per heavy atom. The Balaban J connectivity index is 1.47. The number of carbonyl (C=O) groups excluding carboxylic acids is 2. The maximum absolute atomic E-state index is 12.3. The van der Waals surface area contributed by atoms with Gasteiger partial charge >= 0.3 is 0 Å². The zero-order chi connectivity index (χ0) is 18.2. The van der Waals surface area contributed by atoms with Crippen LogP contribution in [0.5, 0.6) is 0 Å². The molecule has 0 saturated carbocycles. The van der Waals surface area contributed by atoms with E-state index in [1.54, 1.807) is 4.90 Å². The van der Waals surface area contributed by atoms with Crippen molar-refractivity contribution < 1.29 is 14.3 Å². The summed E-state index contributed by atoms with van der Waals surface area (Å²) in [6.07, 6.45) is 0.900. The van der Waals surface area contributed by atoms with Gasteiger partial charge in [0.05, 0.1) is 24.7 Å². The van der Waals surface area contributed by atoms with Gasteiger partial charge in [0, 0.05) is 19.6 Å². The fourth-order valence-electron chi connectivity index (χ4n) is 3.03. The molecule has 140 valence electrons. The number of ether oxygens (including phenoxy) is 1. The van der Waals surface area contributed by atoms with E-state index in [9.17, 15) is 9.59 Å². The van der Waals surface area contributed by atoms with Crippen LogP contribution in [0.15, 0.2) is 35.7 Å². The maximum atomic E-state index is 12.3. The summed E-state index contributed by atoms with van der Waals surface area (Å²) >= 11 is 1.47. The molecule has 1 N–H and O–H groups in total. The summed E-state index contributed by atoms with van der Waals surface area (Å²) in [5.41, 5.74) is 1.75. The van der Waals surface area contributed by atoms with Crippen molar-refractivity contribution >= 4 is 29.3 Å². The minimum Gasteiger partial charge on any atom is -0.379 e. The molecule has 0 radical (unpaired) electrons. The van der Waals surface area contributed by atoms with E-state index >= 15 is 0 Å². The number of amides is 2. The second kappa shape index (κ2) is 9.75. The van der Waals surface area contributed by atoms with E-state index in [-0.39, 0.29) is 18.4 Å². The summed E-state index contributed by atoms with van der Waals surface area (Å²) in [5.74, 6) is 0.231. The average Bonchev–Trinajstić information content (AvgIpc) is 2.68. The summed E-state index contributed by atoms with van der Waals surface area (Å²) in [7, 11) is 0. The van der Waals surface area contributed by atoms with Crippen LogP contribution in [0.2, 0.25) is 0 Å². The Bertz CT molecular complexity index is 645. The lowest BCUT2D eigenvalue weighted by Gasteiger charge is -2.28. The molecule has 26 heavy (non-hydrogen) atoms. The van der Waals surface area contributed by atoms with Crippen molar-refractivity contribution in [3.8, 4) is 0 Å². The first-order chi connectivity index (χ1) is 12.7. The van der Waals surface area contributed by atoms with Crippen molar-refractivity contribution in [3.63, 3.8) is 0 Å². The Hall–Kier alpha value is -1.83. The van der Waals surface area contributed by atoms with Gasteiger partial charge in [0.15, 0.2) is 0 Å². The predicted octanol–water partition coefficient (Wildman–Crippen LogP) is 1.40. The second-order valence-corrected chi connectivity index (χ2v) is 7.18. The normalized spacial score (nSPS) is 18.5. The highest BCUT2D eigenvalue weighted by Gasteiger charge is 2.25. The highest BCUT2D eigenvalue weighted by molar-refractivity contribution is 8.03. The van der Waals surface area contributed by atoms with Gasteiger partial charge in [-0.3, -0.25) is 14.5 Å². The molecule has 7 heteroatoms. The van der Waals surface area contributed by atoms with Crippen LogP contribution in [-0.2, 0) is 14.3 Å². The lowest BCUT2D eigenvalue weighted by atomic mass is 10.1. The molecule has 1 saturated heterocycles. The van der Waals surface area contributed by atoms with Crippen molar-refractivity contribution in [2.75, 3.05) is 51.7 Å². The zero-order valence-corrected chi connectivity index (χ0v) is 15.7. The van der Waals surface area contributed by atoms with E-state index < -0.39 is 0 Å². The molecule has 1 fully saturated rings. The molecule has 0 spiro atoms. The number of nitrogens with one attached hydrogen (secondary N) is 1. The van der Waals surface area contributed by atoms with Crippen LogP contribution in [0.1, 0.15) is 12.0 Å². The lowest BCUT2D eigenvalue weighted by Crippen LogP contribution is -2.42. The molecule has 0 aliphatic carbocycles. The van der Waals surface area contributed by atoms with Crippen LogP contribution in [0.25, 0.3) is 5.70 Å². The number of nitrogens with zero attached hydrogens (tertiary/aromatic N) is 2. The molecule has 0 bridgehead atoms. The third-order valence-electron chi connectivity index (χ3n) is 4.44. The second-order valence-electron chi connectivity index (χ2n) is 6.32. The molecule has 0 atom stereocenters. The lowest BCUT2D eigenvalue weighted by molar-refractivity contribution is -0.131. The van der Waals surface area contributed by atoms with E-state index in [4.69, 9.17) is 4.74 Å². The molecule has 0 aromatic heterocycles. The molecular formula is C19H25N3O3S. The van der Waals surface area contributed by atoms with Gasteiger partial charge in [-0.25, -0.2) is 0 Å². The van der Waals surface area contributed by atoms with E-state index in [0.717, 1.165) is 50.5 Å². The minimum absolute atomic E-state index is 0.0279. The standard InChI is InChI=1S/C19H25N3O3S/c23-18(20-7-4-8-21-9-11-25-12-10-21)13-22-17(14-26-15-19(22)24)16-5-2-1-3-6-16/h1-3,5-6,14H,4,7-13,15H2,(H,20,23). The number of hydrogen-bond donors (Lipinski definition) is 1. The first-order valence-electron chi connectivity index (χ1n) is 8.98. The molecule has 2 aliphatic rings. The van der Waals surface area contributed by atoms with Gasteiger partial charge in [-0.05, 0) is 23.9 Å². The topological polar surface area (TPSA) is 61.9 Å². The number of rotatable bonds is 7. The summed E-state index contributed by atoms with van der Waals surface area (Å²) < 4.78 is 5.33. The van der Waals surface area contributed by atoms with Gasteiger partial charge in [-0.2, -0.15) is 0 Å². The molecule has 2 amide bonds. The van der Waals surface area contributed by atoms with Crippen molar-refractivity contribution in [1.29, 1.82) is 0 Å². The van der Waals surface area contributed by atoms with Crippen molar-refractivity contribution in [2.45, 2.75) is 6.42 Å². The smallest absolute Gasteiger partial charge is 0.240 e. The van der Waals surface area contributed by atoms with Crippen LogP contribution in [0.3, 0.4) is 0 Å². The molecule has 2 aliphatic heterocycles. The number of thioether (sulfide) groups is 1. The summed E-state index contributed by atoms with van der Waals surface area (Å²) in [5, 5.41) is 4.90. The van der Waals surface area contributed by atoms with Crippen molar-refractivity contribution in [3.05, 3.63) is 41.3 Å². The Kier molecular flexibility index (Phi) is 7.11. The molecule has 1 aromatic rings. The molecule has 1 aromatic carbocycles.